The van der Waals surface area contributed by atoms with Gasteiger partial charge in [0.15, 0.2) is 4.80 Å². The standard InChI is InChI=1S/C30H22Cl2I2N2O4S/c1-3-39-29(38)25-16(2)35-30-36(26(25)21-6-4-5-7-22(21)32)28(37)24(41-30)13-18-12-20(33)14-23(34)27(18)40-15-17-8-10-19(31)11-9-17/h4-14,26H,3,15H2,1-2H3/b24-13-/t26-/m0/s1. The van der Waals surface area contributed by atoms with Crippen molar-refractivity contribution in [2.45, 2.75) is 26.5 Å². The highest BCUT2D eigenvalue weighted by molar-refractivity contribution is 14.1. The molecule has 11 heteroatoms. The third kappa shape index (κ3) is 6.43. The van der Waals surface area contributed by atoms with Gasteiger partial charge < -0.3 is 9.47 Å². The van der Waals surface area contributed by atoms with Crippen LogP contribution in [0.15, 0.2) is 81.7 Å². The summed E-state index contributed by atoms with van der Waals surface area (Å²) >= 11 is 18.4. The summed E-state index contributed by atoms with van der Waals surface area (Å²) in [6.45, 7) is 4.02. The van der Waals surface area contributed by atoms with E-state index in [1.54, 1.807) is 26.0 Å². The van der Waals surface area contributed by atoms with E-state index in [1.807, 2.05) is 54.6 Å². The lowest BCUT2D eigenvalue weighted by atomic mass is 9.96. The van der Waals surface area contributed by atoms with Gasteiger partial charge in [0.05, 0.1) is 26.0 Å². The molecule has 4 aromatic rings. The Balaban J connectivity index is 1.65. The van der Waals surface area contributed by atoms with Crippen LogP contribution in [0.1, 0.15) is 36.6 Å². The first-order chi connectivity index (χ1) is 19.7. The van der Waals surface area contributed by atoms with Gasteiger partial charge in [0.2, 0.25) is 0 Å². The molecule has 0 aliphatic carbocycles. The molecule has 1 aliphatic rings. The smallest absolute Gasteiger partial charge is 0.338 e. The van der Waals surface area contributed by atoms with Crippen molar-refractivity contribution in [3.05, 3.63) is 125 Å². The van der Waals surface area contributed by atoms with Crippen molar-refractivity contribution >= 4 is 91.8 Å². The number of thiazole rings is 1. The summed E-state index contributed by atoms with van der Waals surface area (Å²) in [4.78, 5) is 32.3. The maximum atomic E-state index is 14.0. The Morgan fingerprint density at radius 2 is 1.85 bits per heavy atom. The Morgan fingerprint density at radius 3 is 2.56 bits per heavy atom. The topological polar surface area (TPSA) is 69.9 Å². The average molecular weight is 831 g/mol. The zero-order valence-electron chi connectivity index (χ0n) is 21.8. The number of rotatable bonds is 7. The molecule has 0 fully saturated rings. The number of fused-ring (bicyclic) bond motifs is 1. The predicted molar refractivity (Wildman–Crippen MR) is 180 cm³/mol. The van der Waals surface area contributed by atoms with Crippen molar-refractivity contribution < 1.29 is 14.3 Å². The number of carbonyl (C=O) groups excluding carboxylic acids is 1. The number of hydrogen-bond acceptors (Lipinski definition) is 6. The third-order valence-corrected chi connectivity index (χ3v) is 9.34. The van der Waals surface area contributed by atoms with Crippen LogP contribution in [-0.2, 0) is 16.1 Å². The number of hydrogen-bond donors (Lipinski definition) is 0. The van der Waals surface area contributed by atoms with Gasteiger partial charge >= 0.3 is 5.97 Å². The van der Waals surface area contributed by atoms with Gasteiger partial charge in [-0.15, -0.1) is 0 Å². The number of carbonyl (C=O) groups is 1. The molecule has 41 heavy (non-hydrogen) atoms. The molecule has 0 saturated carbocycles. The van der Waals surface area contributed by atoms with Crippen LogP contribution in [0, 0.1) is 7.14 Å². The van der Waals surface area contributed by atoms with Gasteiger partial charge in [0.1, 0.15) is 18.4 Å². The monoisotopic (exact) mass is 830 g/mol. The molecule has 1 atom stereocenters. The fourth-order valence-electron chi connectivity index (χ4n) is 4.50. The van der Waals surface area contributed by atoms with Crippen LogP contribution in [0.2, 0.25) is 10.0 Å². The molecule has 0 saturated heterocycles. The fourth-order valence-corrected chi connectivity index (χ4v) is 7.95. The van der Waals surface area contributed by atoms with Crippen molar-refractivity contribution in [1.29, 1.82) is 0 Å². The second kappa shape index (κ2) is 13.0. The van der Waals surface area contributed by atoms with Crippen molar-refractivity contribution in [3.63, 3.8) is 0 Å². The van der Waals surface area contributed by atoms with Gasteiger partial charge in [0.25, 0.3) is 5.56 Å². The van der Waals surface area contributed by atoms with Crippen molar-refractivity contribution in [1.82, 2.24) is 4.57 Å². The molecule has 0 N–H and O–H groups in total. The maximum absolute atomic E-state index is 14.0. The molecule has 210 valence electrons. The summed E-state index contributed by atoms with van der Waals surface area (Å²) in [7, 11) is 0. The van der Waals surface area contributed by atoms with E-state index in [9.17, 15) is 9.59 Å². The molecule has 1 aromatic heterocycles. The number of nitrogens with zero attached hydrogens (tertiary/aromatic N) is 2. The van der Waals surface area contributed by atoms with Crippen molar-refractivity contribution in [3.8, 4) is 5.75 Å². The van der Waals surface area contributed by atoms with E-state index >= 15 is 0 Å². The predicted octanol–water partition coefficient (Wildman–Crippen LogP) is 6.89. The molecule has 0 amide bonds. The first-order valence-corrected chi connectivity index (χ1v) is 16.2. The molecular formula is C30H22Cl2I2N2O4S. The third-order valence-electron chi connectivity index (χ3n) is 6.34. The number of ether oxygens (including phenoxy) is 2. The lowest BCUT2D eigenvalue weighted by molar-refractivity contribution is -0.139. The normalized spacial score (nSPS) is 15.0. The van der Waals surface area contributed by atoms with Gasteiger partial charge in [-0.25, -0.2) is 9.79 Å². The highest BCUT2D eigenvalue weighted by atomic mass is 127. The molecular weight excluding hydrogens is 809 g/mol. The molecule has 6 nitrogen and oxygen atoms in total. The van der Waals surface area contributed by atoms with Gasteiger partial charge in [-0.1, -0.05) is 64.9 Å². The number of halogens is 4. The van der Waals surface area contributed by atoms with Crippen LogP contribution in [0.5, 0.6) is 5.75 Å². The summed E-state index contributed by atoms with van der Waals surface area (Å²) in [5.74, 6) is 0.135. The minimum absolute atomic E-state index is 0.194. The van der Waals surface area contributed by atoms with Gasteiger partial charge in [-0.2, -0.15) is 0 Å². The molecule has 1 aliphatic heterocycles. The number of benzene rings is 3. The molecule has 2 heterocycles. The van der Waals surface area contributed by atoms with Crippen molar-refractivity contribution in [2.24, 2.45) is 4.99 Å². The molecule has 0 radical (unpaired) electrons. The first kappa shape index (κ1) is 30.3. The highest BCUT2D eigenvalue weighted by Crippen LogP contribution is 2.35. The lowest BCUT2D eigenvalue weighted by Gasteiger charge is -2.25. The Labute approximate surface area is 277 Å². The SMILES string of the molecule is CCOC(=O)C1=C(C)N=c2s/c(=C\c3cc(I)cc(I)c3OCc3ccc(Cl)cc3)c(=O)n2[C@H]1c1ccccc1Cl. The number of aromatic nitrogens is 1. The highest BCUT2D eigenvalue weighted by Gasteiger charge is 2.34. The van der Waals surface area contributed by atoms with Crippen LogP contribution < -0.4 is 19.6 Å². The first-order valence-electron chi connectivity index (χ1n) is 12.5. The van der Waals surface area contributed by atoms with Gasteiger partial charge in [-0.05, 0) is 107 Å². The molecule has 0 unspecified atom stereocenters. The van der Waals surface area contributed by atoms with E-state index in [0.29, 0.717) is 43.0 Å². The molecule has 5 rings (SSSR count). The molecule has 0 spiro atoms. The van der Waals surface area contributed by atoms with E-state index in [4.69, 9.17) is 32.7 Å². The van der Waals surface area contributed by atoms with Gasteiger partial charge in [-0.3, -0.25) is 9.36 Å². The summed E-state index contributed by atoms with van der Waals surface area (Å²) in [5, 5.41) is 1.10. The Bertz CT molecular complexity index is 1870. The van der Waals surface area contributed by atoms with E-state index in [1.165, 1.54) is 15.9 Å². The second-order valence-electron chi connectivity index (χ2n) is 9.04. The van der Waals surface area contributed by atoms with Crippen LogP contribution in [0.25, 0.3) is 6.08 Å². The van der Waals surface area contributed by atoms with E-state index in [0.717, 1.165) is 18.3 Å². The lowest BCUT2D eigenvalue weighted by Crippen LogP contribution is -2.40. The van der Waals surface area contributed by atoms with E-state index in [2.05, 4.69) is 50.2 Å². The Hall–Kier alpha value is -2.19. The van der Waals surface area contributed by atoms with E-state index < -0.39 is 12.0 Å². The quantitative estimate of drug-likeness (QED) is 0.150. The zero-order chi connectivity index (χ0) is 29.3. The molecule has 0 bridgehead atoms. The molecule has 3 aromatic carbocycles. The zero-order valence-corrected chi connectivity index (χ0v) is 28.4. The Kier molecular flexibility index (Phi) is 9.59. The van der Waals surface area contributed by atoms with Crippen LogP contribution in [0.3, 0.4) is 0 Å². The van der Waals surface area contributed by atoms with E-state index in [-0.39, 0.29) is 17.7 Å². The fraction of sp³-hybridized carbons (Fsp3) is 0.167. The van der Waals surface area contributed by atoms with Crippen LogP contribution in [0.4, 0.5) is 0 Å². The van der Waals surface area contributed by atoms with Crippen molar-refractivity contribution in [2.75, 3.05) is 6.61 Å². The van der Waals surface area contributed by atoms with Crippen LogP contribution in [-0.4, -0.2) is 17.1 Å². The Morgan fingerprint density at radius 1 is 1.12 bits per heavy atom. The van der Waals surface area contributed by atoms with Gasteiger partial charge in [0, 0.05) is 19.2 Å². The minimum Gasteiger partial charge on any atom is -0.487 e. The summed E-state index contributed by atoms with van der Waals surface area (Å²) < 4.78 is 15.5. The second-order valence-corrected chi connectivity index (χ2v) is 13.3. The summed E-state index contributed by atoms with van der Waals surface area (Å²) in [6.07, 6.45) is 1.82. The summed E-state index contributed by atoms with van der Waals surface area (Å²) in [6, 6.07) is 17.9. The average Bonchev–Trinajstić information content (AvgIpc) is 3.23. The maximum Gasteiger partial charge on any atom is 0.338 e. The minimum atomic E-state index is -0.780. The largest absolute Gasteiger partial charge is 0.487 e. The summed E-state index contributed by atoms with van der Waals surface area (Å²) in [5.41, 5.74) is 2.83. The number of allylic oxidation sites excluding steroid dienone is 1. The van der Waals surface area contributed by atoms with Crippen LogP contribution >= 0.6 is 79.7 Å². The number of esters is 1.